The number of hydrazone groups is 1. The van der Waals surface area contributed by atoms with Crippen molar-refractivity contribution in [3.8, 4) is 0 Å². The van der Waals surface area contributed by atoms with E-state index < -0.39 is 0 Å². The predicted molar refractivity (Wildman–Crippen MR) is 109 cm³/mol. The summed E-state index contributed by atoms with van der Waals surface area (Å²) in [7, 11) is 0. The summed E-state index contributed by atoms with van der Waals surface area (Å²) in [6, 6.07) is 12.8. The van der Waals surface area contributed by atoms with Gasteiger partial charge in [-0.2, -0.15) is 5.10 Å². The maximum atomic E-state index is 4.52. The third kappa shape index (κ3) is 3.74. The molecule has 0 heterocycles. The molecule has 0 saturated carbocycles. The number of anilines is 1. The van der Waals surface area contributed by atoms with Crippen LogP contribution in [0, 0.1) is 20.8 Å². The maximum absolute atomic E-state index is 4.52. The van der Waals surface area contributed by atoms with Crippen LogP contribution < -0.4 is 5.43 Å². The van der Waals surface area contributed by atoms with E-state index in [0.29, 0.717) is 0 Å². The number of benzene rings is 2. The molecule has 25 heavy (non-hydrogen) atoms. The van der Waals surface area contributed by atoms with Gasteiger partial charge < -0.3 is 0 Å². The first-order valence-electron chi connectivity index (χ1n) is 8.79. The molecule has 0 unspecified atom stereocenters. The lowest BCUT2D eigenvalue weighted by molar-refractivity contribution is 1.22. The van der Waals surface area contributed by atoms with Crippen LogP contribution in [0.3, 0.4) is 0 Å². The number of hydrogen-bond donors (Lipinski definition) is 1. The van der Waals surface area contributed by atoms with Gasteiger partial charge in [0.1, 0.15) is 0 Å². The Kier molecular flexibility index (Phi) is 4.89. The smallest absolute Gasteiger partial charge is 0.0620 e. The van der Waals surface area contributed by atoms with Crippen molar-refractivity contribution in [2.24, 2.45) is 5.10 Å². The number of allylic oxidation sites excluding steroid dienone is 4. The number of hydrogen-bond acceptors (Lipinski definition) is 2. The molecule has 0 saturated heterocycles. The summed E-state index contributed by atoms with van der Waals surface area (Å²) in [5.74, 6) is 0. The molecular formula is C23H26N2. The van der Waals surface area contributed by atoms with Gasteiger partial charge in [0, 0.05) is 5.56 Å². The van der Waals surface area contributed by atoms with Gasteiger partial charge in [0.05, 0.1) is 11.9 Å². The Labute approximate surface area is 151 Å². The minimum absolute atomic E-state index is 1.03. The number of rotatable bonds is 4. The van der Waals surface area contributed by atoms with E-state index in [1.165, 1.54) is 39.0 Å². The van der Waals surface area contributed by atoms with Crippen molar-refractivity contribution in [3.63, 3.8) is 0 Å². The number of nitrogens with one attached hydrogen (secondary N) is 1. The van der Waals surface area contributed by atoms with E-state index in [4.69, 9.17) is 0 Å². The lowest BCUT2D eigenvalue weighted by Crippen LogP contribution is -1.98. The molecule has 2 aromatic carbocycles. The summed E-state index contributed by atoms with van der Waals surface area (Å²) in [6.45, 7) is 10.7. The summed E-state index contributed by atoms with van der Waals surface area (Å²) in [5, 5.41) is 4.52. The average molecular weight is 330 g/mol. The normalized spacial score (nSPS) is 14.4. The molecular weight excluding hydrogens is 304 g/mol. The fourth-order valence-corrected chi connectivity index (χ4v) is 3.46. The minimum Gasteiger partial charge on any atom is -0.278 e. The molecule has 0 bridgehead atoms. The van der Waals surface area contributed by atoms with E-state index in [-0.39, 0.29) is 0 Å². The standard InChI is InChI=1S/C23H26N2/c1-15-10-18(4)23(19(5)11-15)25-24-14-20-8-6-7-9-22(20)21-12-16(2)17(3)13-21/h6-12,14,25H,13H2,1-5H3/b24-14+. The quantitative estimate of drug-likeness (QED) is 0.525. The van der Waals surface area contributed by atoms with Gasteiger partial charge >= 0.3 is 0 Å². The molecule has 0 fully saturated rings. The second kappa shape index (κ2) is 7.10. The summed E-state index contributed by atoms with van der Waals surface area (Å²) >= 11 is 0. The average Bonchev–Trinajstić information content (AvgIpc) is 2.89. The molecule has 0 spiro atoms. The van der Waals surface area contributed by atoms with Crippen LogP contribution in [0.2, 0.25) is 0 Å². The Morgan fingerprint density at radius 3 is 2.28 bits per heavy atom. The Morgan fingerprint density at radius 2 is 1.64 bits per heavy atom. The molecule has 2 heteroatoms. The third-order valence-electron chi connectivity index (χ3n) is 4.88. The van der Waals surface area contributed by atoms with Gasteiger partial charge in [-0.3, -0.25) is 5.43 Å². The first-order chi connectivity index (χ1) is 12.0. The Bertz CT molecular complexity index is 875. The molecule has 0 atom stereocenters. The lowest BCUT2D eigenvalue weighted by atomic mass is 9.98. The minimum atomic E-state index is 1.03. The van der Waals surface area contributed by atoms with Crippen LogP contribution in [0.4, 0.5) is 5.69 Å². The van der Waals surface area contributed by atoms with Gasteiger partial charge in [-0.25, -0.2) is 0 Å². The molecule has 2 aromatic rings. The largest absolute Gasteiger partial charge is 0.278 e. The third-order valence-corrected chi connectivity index (χ3v) is 4.88. The van der Waals surface area contributed by atoms with E-state index in [2.05, 4.69) is 87.6 Å². The van der Waals surface area contributed by atoms with Crippen LogP contribution >= 0.6 is 0 Å². The lowest BCUT2D eigenvalue weighted by Gasteiger charge is -2.11. The SMILES string of the molecule is CC1=C(C)CC(c2ccccc2/C=N/Nc2c(C)cc(C)cc2C)=C1. The van der Waals surface area contributed by atoms with Crippen LogP contribution in [-0.2, 0) is 0 Å². The van der Waals surface area contributed by atoms with Crippen LogP contribution in [0.25, 0.3) is 5.57 Å². The van der Waals surface area contributed by atoms with Gasteiger partial charge in [-0.15, -0.1) is 0 Å². The Balaban J connectivity index is 1.83. The molecule has 1 aliphatic rings. The van der Waals surface area contributed by atoms with Crippen molar-refractivity contribution in [1.29, 1.82) is 0 Å². The van der Waals surface area contributed by atoms with E-state index in [0.717, 1.165) is 17.7 Å². The van der Waals surface area contributed by atoms with Crippen molar-refractivity contribution < 1.29 is 0 Å². The highest BCUT2D eigenvalue weighted by Gasteiger charge is 2.13. The van der Waals surface area contributed by atoms with E-state index >= 15 is 0 Å². The molecule has 1 N–H and O–H groups in total. The van der Waals surface area contributed by atoms with Crippen LogP contribution in [0.5, 0.6) is 0 Å². The fraction of sp³-hybridized carbons (Fsp3) is 0.261. The van der Waals surface area contributed by atoms with E-state index in [1.54, 1.807) is 0 Å². The first kappa shape index (κ1) is 17.2. The molecule has 3 rings (SSSR count). The van der Waals surface area contributed by atoms with Crippen molar-refractivity contribution in [3.05, 3.63) is 81.4 Å². The fourth-order valence-electron chi connectivity index (χ4n) is 3.46. The second-order valence-electron chi connectivity index (χ2n) is 7.04. The molecule has 2 nitrogen and oxygen atoms in total. The van der Waals surface area contributed by atoms with E-state index in [1.807, 2.05) is 6.21 Å². The van der Waals surface area contributed by atoms with Crippen molar-refractivity contribution in [2.75, 3.05) is 5.43 Å². The number of nitrogens with zero attached hydrogens (tertiary/aromatic N) is 1. The molecule has 0 radical (unpaired) electrons. The summed E-state index contributed by atoms with van der Waals surface area (Å²) in [4.78, 5) is 0. The molecule has 0 aliphatic heterocycles. The zero-order chi connectivity index (χ0) is 18.0. The summed E-state index contributed by atoms with van der Waals surface area (Å²) in [5.41, 5.74) is 14.7. The highest BCUT2D eigenvalue weighted by atomic mass is 15.3. The highest BCUT2D eigenvalue weighted by Crippen LogP contribution is 2.33. The predicted octanol–water partition coefficient (Wildman–Crippen LogP) is 6.18. The van der Waals surface area contributed by atoms with E-state index in [9.17, 15) is 0 Å². The van der Waals surface area contributed by atoms with Gasteiger partial charge in [0.25, 0.3) is 0 Å². The second-order valence-corrected chi connectivity index (χ2v) is 7.04. The van der Waals surface area contributed by atoms with Crippen molar-refractivity contribution in [2.45, 2.75) is 41.0 Å². The van der Waals surface area contributed by atoms with Gasteiger partial charge in [-0.05, 0) is 63.3 Å². The van der Waals surface area contributed by atoms with Gasteiger partial charge in [-0.1, -0.05) is 59.2 Å². The number of aryl methyl sites for hydroxylation is 3. The first-order valence-corrected chi connectivity index (χ1v) is 8.79. The Morgan fingerprint density at radius 1 is 0.960 bits per heavy atom. The summed E-state index contributed by atoms with van der Waals surface area (Å²) in [6.07, 6.45) is 5.25. The Hall–Kier alpha value is -2.61. The van der Waals surface area contributed by atoms with Crippen LogP contribution in [0.1, 0.15) is 48.1 Å². The van der Waals surface area contributed by atoms with Crippen molar-refractivity contribution >= 4 is 17.5 Å². The van der Waals surface area contributed by atoms with Crippen LogP contribution in [-0.4, -0.2) is 6.21 Å². The topological polar surface area (TPSA) is 24.4 Å². The molecule has 1 aliphatic carbocycles. The maximum Gasteiger partial charge on any atom is 0.0620 e. The van der Waals surface area contributed by atoms with Crippen molar-refractivity contribution in [1.82, 2.24) is 0 Å². The molecule has 0 amide bonds. The monoisotopic (exact) mass is 330 g/mol. The molecule has 128 valence electrons. The zero-order valence-electron chi connectivity index (χ0n) is 15.8. The van der Waals surface area contributed by atoms with Gasteiger partial charge in [0.2, 0.25) is 0 Å². The highest BCUT2D eigenvalue weighted by molar-refractivity contribution is 5.90. The zero-order valence-corrected chi connectivity index (χ0v) is 15.8. The van der Waals surface area contributed by atoms with Crippen LogP contribution in [0.15, 0.2) is 58.7 Å². The van der Waals surface area contributed by atoms with Gasteiger partial charge in [0.15, 0.2) is 0 Å². The summed E-state index contributed by atoms with van der Waals surface area (Å²) < 4.78 is 0. The molecule has 0 aromatic heterocycles.